The van der Waals surface area contributed by atoms with Crippen LogP contribution in [0.15, 0.2) is 12.4 Å². The third-order valence-electron chi connectivity index (χ3n) is 5.48. The molecule has 24 heavy (non-hydrogen) atoms. The van der Waals surface area contributed by atoms with Crippen molar-refractivity contribution in [1.82, 2.24) is 24.5 Å². The summed E-state index contributed by atoms with van der Waals surface area (Å²) in [6.07, 6.45) is 5.68. The van der Waals surface area contributed by atoms with Gasteiger partial charge in [-0.3, -0.25) is 19.3 Å². The van der Waals surface area contributed by atoms with Gasteiger partial charge in [-0.2, -0.15) is 10.4 Å². The van der Waals surface area contributed by atoms with Crippen LogP contribution in [0.5, 0.6) is 0 Å². The zero-order chi connectivity index (χ0) is 17.2. The average Bonchev–Trinajstić information content (AvgIpc) is 3.05. The van der Waals surface area contributed by atoms with E-state index in [4.69, 9.17) is 5.26 Å². The highest BCUT2D eigenvalue weighted by Crippen LogP contribution is 2.33. The number of rotatable bonds is 4. The monoisotopic (exact) mass is 330 g/mol. The van der Waals surface area contributed by atoms with Gasteiger partial charge in [0.05, 0.1) is 12.3 Å². The molecule has 0 aromatic carbocycles. The SMILES string of the molecule is CCn1cc(CN2CCC3(CC2)C(=O)N(CC#N)CCN3C)cn1. The molecule has 2 saturated heterocycles. The number of amides is 1. The number of nitriles is 1. The second-order valence-electron chi connectivity index (χ2n) is 6.82. The van der Waals surface area contributed by atoms with Gasteiger partial charge in [0.15, 0.2) is 0 Å². The van der Waals surface area contributed by atoms with E-state index in [-0.39, 0.29) is 12.5 Å². The van der Waals surface area contributed by atoms with Gasteiger partial charge < -0.3 is 4.90 Å². The lowest BCUT2D eigenvalue weighted by molar-refractivity contribution is -0.153. The van der Waals surface area contributed by atoms with Gasteiger partial charge in [0, 0.05) is 51.0 Å². The summed E-state index contributed by atoms with van der Waals surface area (Å²) in [6, 6.07) is 2.12. The van der Waals surface area contributed by atoms with Crippen molar-refractivity contribution in [2.24, 2.45) is 0 Å². The molecule has 2 aliphatic heterocycles. The van der Waals surface area contributed by atoms with Crippen LogP contribution < -0.4 is 0 Å². The van der Waals surface area contributed by atoms with E-state index < -0.39 is 5.54 Å². The zero-order valence-electron chi connectivity index (χ0n) is 14.6. The summed E-state index contributed by atoms with van der Waals surface area (Å²) in [4.78, 5) is 19.2. The minimum absolute atomic E-state index is 0.135. The van der Waals surface area contributed by atoms with Crippen molar-refractivity contribution >= 4 is 5.91 Å². The van der Waals surface area contributed by atoms with E-state index in [1.165, 1.54) is 5.56 Å². The van der Waals surface area contributed by atoms with E-state index in [1.54, 1.807) is 4.90 Å². The fourth-order valence-corrected chi connectivity index (χ4v) is 3.88. The first-order valence-corrected chi connectivity index (χ1v) is 8.70. The fraction of sp³-hybridized carbons (Fsp3) is 0.706. The Morgan fingerprint density at radius 2 is 2.04 bits per heavy atom. The lowest BCUT2D eigenvalue weighted by Gasteiger charge is -2.51. The number of aryl methyl sites for hydroxylation is 1. The smallest absolute Gasteiger partial charge is 0.244 e. The predicted octanol–water partition coefficient (Wildman–Crippen LogP) is 0.535. The molecule has 0 unspecified atom stereocenters. The summed E-state index contributed by atoms with van der Waals surface area (Å²) >= 11 is 0. The standard InChI is InChI=1S/C17H26N6O/c1-3-23-14-15(12-19-23)13-21-7-4-17(5-8-21)16(24)22(9-6-18)11-10-20(17)2/h12,14H,3-5,7-11,13H2,1-2H3. The normalized spacial score (nSPS) is 22.0. The van der Waals surface area contributed by atoms with Crippen molar-refractivity contribution in [3.8, 4) is 6.07 Å². The summed E-state index contributed by atoms with van der Waals surface area (Å²) in [5.41, 5.74) is 0.807. The number of piperazine rings is 1. The molecule has 7 nitrogen and oxygen atoms in total. The Labute approximate surface area is 143 Å². The summed E-state index contributed by atoms with van der Waals surface area (Å²) in [7, 11) is 2.04. The molecule has 0 radical (unpaired) electrons. The molecule has 0 bridgehead atoms. The largest absolute Gasteiger partial charge is 0.326 e. The van der Waals surface area contributed by atoms with Gasteiger partial charge in [0.25, 0.3) is 0 Å². The van der Waals surface area contributed by atoms with Crippen LogP contribution >= 0.6 is 0 Å². The summed E-state index contributed by atoms with van der Waals surface area (Å²) in [5, 5.41) is 13.3. The molecule has 3 heterocycles. The number of likely N-dealkylation sites (tertiary alicyclic amines) is 1. The molecular weight excluding hydrogens is 304 g/mol. The maximum absolute atomic E-state index is 12.9. The topological polar surface area (TPSA) is 68.4 Å². The Kier molecular flexibility index (Phi) is 4.88. The van der Waals surface area contributed by atoms with E-state index in [0.29, 0.717) is 6.54 Å². The quantitative estimate of drug-likeness (QED) is 0.754. The Balaban J connectivity index is 1.64. The molecule has 2 aliphatic rings. The number of piperidine rings is 1. The Hall–Kier alpha value is -1.91. The predicted molar refractivity (Wildman–Crippen MR) is 90.0 cm³/mol. The van der Waals surface area contributed by atoms with Gasteiger partial charge >= 0.3 is 0 Å². The van der Waals surface area contributed by atoms with Gasteiger partial charge in [-0.05, 0) is 26.8 Å². The molecule has 0 saturated carbocycles. The second kappa shape index (κ2) is 6.91. The number of carbonyl (C=O) groups is 1. The van der Waals surface area contributed by atoms with Crippen LogP contribution in [0.1, 0.15) is 25.3 Å². The van der Waals surface area contributed by atoms with Crippen molar-refractivity contribution in [1.29, 1.82) is 5.26 Å². The van der Waals surface area contributed by atoms with E-state index in [9.17, 15) is 4.79 Å². The van der Waals surface area contributed by atoms with Gasteiger partial charge in [-0.25, -0.2) is 0 Å². The third kappa shape index (κ3) is 3.04. The number of carbonyl (C=O) groups excluding carboxylic acids is 1. The lowest BCUT2D eigenvalue weighted by Crippen LogP contribution is -2.67. The van der Waals surface area contributed by atoms with Crippen molar-refractivity contribution in [3.05, 3.63) is 18.0 Å². The maximum Gasteiger partial charge on any atom is 0.244 e. The van der Waals surface area contributed by atoms with Crippen LogP contribution in [-0.2, 0) is 17.9 Å². The van der Waals surface area contributed by atoms with Crippen LogP contribution in [0.25, 0.3) is 0 Å². The number of nitrogens with zero attached hydrogens (tertiary/aromatic N) is 6. The Bertz CT molecular complexity index is 625. The molecule has 0 atom stereocenters. The first kappa shape index (κ1) is 16.9. The molecule has 0 aliphatic carbocycles. The molecule has 1 amide bonds. The number of hydrogen-bond donors (Lipinski definition) is 0. The van der Waals surface area contributed by atoms with Crippen LogP contribution in [0.4, 0.5) is 0 Å². The molecule has 2 fully saturated rings. The van der Waals surface area contributed by atoms with E-state index in [1.807, 2.05) is 17.9 Å². The van der Waals surface area contributed by atoms with Gasteiger partial charge in [-0.15, -0.1) is 0 Å². The first-order valence-electron chi connectivity index (χ1n) is 8.70. The second-order valence-corrected chi connectivity index (χ2v) is 6.82. The lowest BCUT2D eigenvalue weighted by atomic mass is 9.82. The van der Waals surface area contributed by atoms with E-state index >= 15 is 0 Å². The molecule has 0 N–H and O–H groups in total. The molecule has 3 rings (SSSR count). The highest BCUT2D eigenvalue weighted by atomic mass is 16.2. The Morgan fingerprint density at radius 1 is 1.29 bits per heavy atom. The van der Waals surface area contributed by atoms with Crippen LogP contribution in [0.3, 0.4) is 0 Å². The maximum atomic E-state index is 12.9. The van der Waals surface area contributed by atoms with Gasteiger partial charge in [0.2, 0.25) is 5.91 Å². The van der Waals surface area contributed by atoms with E-state index in [2.05, 4.69) is 34.1 Å². The summed E-state index contributed by atoms with van der Waals surface area (Å²) in [5.74, 6) is 0.135. The molecule has 1 spiro atoms. The number of likely N-dealkylation sites (N-methyl/N-ethyl adjacent to an activating group) is 1. The minimum Gasteiger partial charge on any atom is -0.326 e. The van der Waals surface area contributed by atoms with Crippen molar-refractivity contribution < 1.29 is 4.79 Å². The Morgan fingerprint density at radius 3 is 2.67 bits per heavy atom. The van der Waals surface area contributed by atoms with Gasteiger partial charge in [-0.1, -0.05) is 0 Å². The molecular formula is C17H26N6O. The highest BCUT2D eigenvalue weighted by molar-refractivity contribution is 5.87. The van der Waals surface area contributed by atoms with Crippen molar-refractivity contribution in [3.63, 3.8) is 0 Å². The fourth-order valence-electron chi connectivity index (χ4n) is 3.88. The summed E-state index contributed by atoms with van der Waals surface area (Å²) < 4.78 is 1.94. The van der Waals surface area contributed by atoms with E-state index in [0.717, 1.165) is 45.6 Å². The third-order valence-corrected chi connectivity index (χ3v) is 5.48. The van der Waals surface area contributed by atoms with Crippen molar-refractivity contribution in [2.75, 3.05) is 39.8 Å². The van der Waals surface area contributed by atoms with Crippen LogP contribution in [0.2, 0.25) is 0 Å². The zero-order valence-corrected chi connectivity index (χ0v) is 14.6. The molecule has 1 aromatic heterocycles. The first-order chi connectivity index (χ1) is 11.6. The minimum atomic E-state index is -0.417. The molecule has 7 heteroatoms. The highest BCUT2D eigenvalue weighted by Gasteiger charge is 2.49. The summed E-state index contributed by atoms with van der Waals surface area (Å²) in [6.45, 7) is 7.35. The van der Waals surface area contributed by atoms with Crippen LogP contribution in [-0.4, -0.2) is 75.7 Å². The molecule has 130 valence electrons. The van der Waals surface area contributed by atoms with Crippen LogP contribution in [0, 0.1) is 11.3 Å². The van der Waals surface area contributed by atoms with Gasteiger partial charge in [0.1, 0.15) is 12.1 Å². The number of aromatic nitrogens is 2. The average molecular weight is 330 g/mol. The van der Waals surface area contributed by atoms with Crippen molar-refractivity contribution in [2.45, 2.75) is 38.4 Å². The molecule has 1 aromatic rings. The number of hydrogen-bond acceptors (Lipinski definition) is 5.